The van der Waals surface area contributed by atoms with Gasteiger partial charge in [-0.25, -0.2) is 0 Å². The van der Waals surface area contributed by atoms with Crippen LogP contribution in [0.1, 0.15) is 0 Å². The second kappa shape index (κ2) is 5.18. The first kappa shape index (κ1) is 14.2. The Morgan fingerprint density at radius 1 is 1.53 bits per heavy atom. The number of carbonyl (C=O) groups is 1. The Balaban J connectivity index is 2.63. The third-order valence-electron chi connectivity index (χ3n) is 2.72. The molecule has 0 aromatic carbocycles. The SMILES string of the molecule is CN1CCN(CC(C(N)=S)C(F)(F)F)CC1=O. The highest BCUT2D eigenvalue weighted by Crippen LogP contribution is 2.27. The Labute approximate surface area is 103 Å². The van der Waals surface area contributed by atoms with Gasteiger partial charge < -0.3 is 10.6 Å². The molecule has 1 heterocycles. The lowest BCUT2D eigenvalue weighted by Gasteiger charge is -2.34. The highest BCUT2D eigenvalue weighted by molar-refractivity contribution is 7.80. The maximum atomic E-state index is 12.6. The number of nitrogens with zero attached hydrogens (tertiary/aromatic N) is 2. The largest absolute Gasteiger partial charge is 0.399 e. The lowest BCUT2D eigenvalue weighted by atomic mass is 10.1. The molecule has 2 N–H and O–H groups in total. The van der Waals surface area contributed by atoms with Crippen molar-refractivity contribution >= 4 is 23.1 Å². The molecule has 1 amide bonds. The van der Waals surface area contributed by atoms with Crippen LogP contribution in [0.4, 0.5) is 13.2 Å². The molecule has 17 heavy (non-hydrogen) atoms. The fraction of sp³-hybridized carbons (Fsp3) is 0.778. The lowest BCUT2D eigenvalue weighted by Crippen LogP contribution is -2.52. The Hall–Kier alpha value is -0.890. The quantitative estimate of drug-likeness (QED) is 0.745. The minimum absolute atomic E-state index is 0.0221. The summed E-state index contributed by atoms with van der Waals surface area (Å²) in [5, 5.41) is 0. The summed E-state index contributed by atoms with van der Waals surface area (Å²) in [6.45, 7) is 0.447. The summed E-state index contributed by atoms with van der Waals surface area (Å²) in [6, 6.07) is 0. The number of amides is 1. The van der Waals surface area contributed by atoms with Crippen molar-refractivity contribution < 1.29 is 18.0 Å². The molecular formula is C9H14F3N3OS. The molecule has 1 saturated heterocycles. The predicted molar refractivity (Wildman–Crippen MR) is 60.4 cm³/mol. The number of halogens is 3. The maximum Gasteiger partial charge on any atom is 0.399 e. The van der Waals surface area contributed by atoms with Gasteiger partial charge in [0.05, 0.1) is 11.5 Å². The Kier molecular flexibility index (Phi) is 4.31. The molecule has 1 fully saturated rings. The lowest BCUT2D eigenvalue weighted by molar-refractivity contribution is -0.162. The van der Waals surface area contributed by atoms with E-state index in [1.165, 1.54) is 9.80 Å². The van der Waals surface area contributed by atoms with Crippen molar-refractivity contribution in [3.05, 3.63) is 0 Å². The van der Waals surface area contributed by atoms with E-state index in [-0.39, 0.29) is 19.0 Å². The van der Waals surface area contributed by atoms with E-state index in [4.69, 9.17) is 5.73 Å². The Bertz CT molecular complexity index is 321. The van der Waals surface area contributed by atoms with Crippen LogP contribution in [-0.4, -0.2) is 60.1 Å². The van der Waals surface area contributed by atoms with Crippen LogP contribution in [0.15, 0.2) is 0 Å². The molecule has 0 aromatic rings. The molecule has 98 valence electrons. The van der Waals surface area contributed by atoms with Crippen LogP contribution in [0, 0.1) is 5.92 Å². The molecule has 1 aliphatic heterocycles. The Morgan fingerprint density at radius 2 is 2.12 bits per heavy atom. The molecule has 1 unspecified atom stereocenters. The van der Waals surface area contributed by atoms with Gasteiger partial charge in [-0.3, -0.25) is 9.69 Å². The first-order chi connectivity index (χ1) is 7.71. The van der Waals surface area contributed by atoms with E-state index < -0.39 is 17.1 Å². The molecular weight excluding hydrogens is 255 g/mol. The molecule has 0 spiro atoms. The number of thiocarbonyl (C=S) groups is 1. The third-order valence-corrected chi connectivity index (χ3v) is 3.00. The van der Waals surface area contributed by atoms with E-state index in [9.17, 15) is 18.0 Å². The van der Waals surface area contributed by atoms with E-state index in [0.717, 1.165) is 0 Å². The van der Waals surface area contributed by atoms with Crippen LogP contribution in [-0.2, 0) is 4.79 Å². The first-order valence-electron chi connectivity index (χ1n) is 5.04. The molecule has 1 rings (SSSR count). The van der Waals surface area contributed by atoms with Crippen molar-refractivity contribution in [2.24, 2.45) is 11.7 Å². The second-order valence-corrected chi connectivity index (χ2v) is 4.52. The number of piperazine rings is 1. The summed E-state index contributed by atoms with van der Waals surface area (Å²) in [5.74, 6) is -2.05. The molecule has 0 aliphatic carbocycles. The van der Waals surface area contributed by atoms with E-state index >= 15 is 0 Å². The van der Waals surface area contributed by atoms with Gasteiger partial charge in [0.1, 0.15) is 5.92 Å². The molecule has 0 aromatic heterocycles. The monoisotopic (exact) mass is 269 g/mol. The van der Waals surface area contributed by atoms with Crippen molar-refractivity contribution in [2.45, 2.75) is 6.18 Å². The zero-order valence-electron chi connectivity index (χ0n) is 9.33. The molecule has 8 heteroatoms. The fourth-order valence-electron chi connectivity index (χ4n) is 1.58. The predicted octanol–water partition coefficient (Wildman–Crippen LogP) is 0.225. The molecule has 1 atom stereocenters. The van der Waals surface area contributed by atoms with Gasteiger partial charge in [0.15, 0.2) is 0 Å². The summed E-state index contributed by atoms with van der Waals surface area (Å²) >= 11 is 4.42. The van der Waals surface area contributed by atoms with Crippen LogP contribution in [0.3, 0.4) is 0 Å². The van der Waals surface area contributed by atoms with Crippen molar-refractivity contribution in [1.82, 2.24) is 9.80 Å². The van der Waals surface area contributed by atoms with Gasteiger partial charge in [0.2, 0.25) is 5.91 Å². The van der Waals surface area contributed by atoms with Gasteiger partial charge in [-0.15, -0.1) is 0 Å². The van der Waals surface area contributed by atoms with Crippen molar-refractivity contribution in [3.63, 3.8) is 0 Å². The number of nitrogens with two attached hydrogens (primary N) is 1. The number of hydrogen-bond donors (Lipinski definition) is 1. The van der Waals surface area contributed by atoms with Crippen LogP contribution in [0.5, 0.6) is 0 Å². The van der Waals surface area contributed by atoms with Crippen LogP contribution in [0.25, 0.3) is 0 Å². The molecule has 0 bridgehead atoms. The topological polar surface area (TPSA) is 49.6 Å². The van der Waals surface area contributed by atoms with E-state index in [0.29, 0.717) is 13.1 Å². The molecule has 0 saturated carbocycles. The average molecular weight is 269 g/mol. The van der Waals surface area contributed by atoms with Crippen molar-refractivity contribution in [3.8, 4) is 0 Å². The van der Waals surface area contributed by atoms with Gasteiger partial charge in [-0.2, -0.15) is 13.2 Å². The maximum absolute atomic E-state index is 12.6. The van der Waals surface area contributed by atoms with Crippen LogP contribution >= 0.6 is 12.2 Å². The number of alkyl halides is 3. The van der Waals surface area contributed by atoms with Gasteiger partial charge in [0, 0.05) is 26.7 Å². The summed E-state index contributed by atoms with van der Waals surface area (Å²) < 4.78 is 37.8. The second-order valence-electron chi connectivity index (χ2n) is 4.05. The van der Waals surface area contributed by atoms with Crippen molar-refractivity contribution in [2.75, 3.05) is 33.2 Å². The van der Waals surface area contributed by atoms with Crippen LogP contribution < -0.4 is 5.73 Å². The van der Waals surface area contributed by atoms with Gasteiger partial charge >= 0.3 is 6.18 Å². The first-order valence-corrected chi connectivity index (χ1v) is 5.45. The zero-order valence-corrected chi connectivity index (χ0v) is 10.1. The average Bonchev–Trinajstić information content (AvgIpc) is 2.17. The number of carbonyl (C=O) groups excluding carboxylic acids is 1. The van der Waals surface area contributed by atoms with Gasteiger partial charge in [-0.1, -0.05) is 12.2 Å². The highest BCUT2D eigenvalue weighted by atomic mass is 32.1. The van der Waals surface area contributed by atoms with Crippen LogP contribution in [0.2, 0.25) is 0 Å². The number of hydrogen-bond acceptors (Lipinski definition) is 3. The highest BCUT2D eigenvalue weighted by Gasteiger charge is 2.43. The van der Waals surface area contributed by atoms with Gasteiger partial charge in [0.25, 0.3) is 0 Å². The smallest absolute Gasteiger partial charge is 0.393 e. The Morgan fingerprint density at radius 3 is 2.53 bits per heavy atom. The minimum Gasteiger partial charge on any atom is -0.393 e. The normalized spacial score (nSPS) is 20.5. The third kappa shape index (κ3) is 3.81. The van der Waals surface area contributed by atoms with E-state index in [1.54, 1.807) is 7.05 Å². The summed E-state index contributed by atoms with van der Waals surface area (Å²) in [4.78, 5) is 13.7. The summed E-state index contributed by atoms with van der Waals surface area (Å²) in [5.41, 5.74) is 5.09. The summed E-state index contributed by atoms with van der Waals surface area (Å²) in [7, 11) is 1.62. The standard InChI is InChI=1S/C9H14F3N3OS/c1-14-2-3-15(5-7(14)16)4-6(8(13)17)9(10,11)12/h6H,2-5H2,1H3,(H2,13,17). The van der Waals surface area contributed by atoms with E-state index in [2.05, 4.69) is 12.2 Å². The fourth-order valence-corrected chi connectivity index (χ4v) is 1.78. The zero-order chi connectivity index (χ0) is 13.2. The molecule has 0 radical (unpaired) electrons. The van der Waals surface area contributed by atoms with E-state index in [1.807, 2.05) is 0 Å². The number of likely N-dealkylation sites (N-methyl/N-ethyl adjacent to an activating group) is 1. The molecule has 1 aliphatic rings. The molecule has 4 nitrogen and oxygen atoms in total. The summed E-state index contributed by atoms with van der Waals surface area (Å²) in [6.07, 6.45) is -4.46. The number of rotatable bonds is 3. The van der Waals surface area contributed by atoms with Crippen molar-refractivity contribution in [1.29, 1.82) is 0 Å². The minimum atomic E-state index is -4.46. The van der Waals surface area contributed by atoms with Gasteiger partial charge in [-0.05, 0) is 0 Å².